The average molecular weight is 378 g/mol. The number of nitrogens with one attached hydrogen (secondary N) is 1. The molecule has 0 spiro atoms. The fourth-order valence-corrected chi connectivity index (χ4v) is 4.49. The van der Waals surface area contributed by atoms with Crippen molar-refractivity contribution in [3.05, 3.63) is 73.1 Å². The van der Waals surface area contributed by atoms with Crippen LogP contribution in [-0.4, -0.2) is 22.6 Å². The lowest BCUT2D eigenvalue weighted by molar-refractivity contribution is 0.571. The van der Waals surface area contributed by atoms with Crippen molar-refractivity contribution >= 4 is 22.7 Å². The number of anilines is 2. The lowest BCUT2D eigenvalue weighted by Gasteiger charge is -2.30. The fourth-order valence-electron chi connectivity index (χ4n) is 3.44. The van der Waals surface area contributed by atoms with Crippen LogP contribution in [0, 0.1) is 0 Å². The van der Waals surface area contributed by atoms with Crippen molar-refractivity contribution in [3.63, 3.8) is 0 Å². The van der Waals surface area contributed by atoms with Gasteiger partial charge in [-0.05, 0) is 60.7 Å². The summed E-state index contributed by atoms with van der Waals surface area (Å²) in [5.41, 5.74) is 4.08. The van der Waals surface area contributed by atoms with E-state index in [-0.39, 0.29) is 0 Å². The van der Waals surface area contributed by atoms with Crippen LogP contribution in [0.5, 0.6) is 0 Å². The predicted octanol–water partition coefficient (Wildman–Crippen LogP) is 4.87. The highest BCUT2D eigenvalue weighted by Gasteiger charge is 2.22. The van der Waals surface area contributed by atoms with Crippen LogP contribution in [0.2, 0.25) is 0 Å². The third kappa shape index (κ3) is 4.26. The minimum atomic E-state index is -1.30. The van der Waals surface area contributed by atoms with E-state index in [0.717, 1.165) is 40.5 Å². The molecule has 5 heteroatoms. The molecule has 1 aliphatic rings. The van der Waals surface area contributed by atoms with E-state index < -0.39 is 11.4 Å². The minimum absolute atomic E-state index is 0.842. The predicted molar refractivity (Wildman–Crippen MR) is 112 cm³/mol. The van der Waals surface area contributed by atoms with Gasteiger partial charge in [-0.1, -0.05) is 30.3 Å². The smallest absolute Gasteiger partial charge is 0.203 e. The van der Waals surface area contributed by atoms with Crippen LogP contribution < -0.4 is 9.62 Å². The van der Waals surface area contributed by atoms with Crippen molar-refractivity contribution in [1.82, 2.24) is 4.98 Å². The summed E-state index contributed by atoms with van der Waals surface area (Å²) in [7, 11) is 0. The average Bonchev–Trinajstić information content (AvgIpc) is 2.75. The van der Waals surface area contributed by atoms with Crippen LogP contribution in [0.1, 0.15) is 19.3 Å². The van der Waals surface area contributed by atoms with Gasteiger partial charge in [0.1, 0.15) is 11.4 Å². The number of benzene rings is 2. The van der Waals surface area contributed by atoms with E-state index in [1.165, 1.54) is 19.3 Å². The van der Waals surface area contributed by atoms with Gasteiger partial charge in [-0.25, -0.2) is 4.72 Å². The highest BCUT2D eigenvalue weighted by atomic mass is 32.2. The molecule has 1 fully saturated rings. The van der Waals surface area contributed by atoms with Crippen LogP contribution in [0.25, 0.3) is 11.1 Å². The summed E-state index contributed by atoms with van der Waals surface area (Å²) in [4.78, 5) is 7.35. The Kier molecular flexibility index (Phi) is 5.61. The molecule has 27 heavy (non-hydrogen) atoms. The van der Waals surface area contributed by atoms with Crippen LogP contribution >= 0.6 is 0 Å². The minimum Gasteiger partial charge on any atom is -0.588 e. The first-order valence-corrected chi connectivity index (χ1v) is 10.5. The quantitative estimate of drug-likeness (QED) is 0.644. The molecule has 1 saturated heterocycles. The molecule has 0 radical (unpaired) electrons. The molecule has 0 aliphatic carbocycles. The van der Waals surface area contributed by atoms with E-state index in [9.17, 15) is 4.55 Å². The van der Waals surface area contributed by atoms with Gasteiger partial charge in [0.2, 0.25) is 4.90 Å². The normalized spacial score (nSPS) is 15.4. The van der Waals surface area contributed by atoms with Crippen molar-refractivity contribution in [2.45, 2.75) is 24.2 Å². The van der Waals surface area contributed by atoms with Crippen molar-refractivity contribution in [1.29, 1.82) is 0 Å². The zero-order chi connectivity index (χ0) is 18.5. The molecule has 4 nitrogen and oxygen atoms in total. The maximum atomic E-state index is 13.0. The number of piperidine rings is 1. The number of aromatic nitrogens is 1. The summed E-state index contributed by atoms with van der Waals surface area (Å²) in [6, 6.07) is 19.9. The Morgan fingerprint density at radius 2 is 1.63 bits per heavy atom. The second-order valence-corrected chi connectivity index (χ2v) is 7.89. The van der Waals surface area contributed by atoms with Gasteiger partial charge in [0.05, 0.1) is 11.4 Å². The first kappa shape index (κ1) is 17.9. The molecule has 1 N–H and O–H groups in total. The van der Waals surface area contributed by atoms with Gasteiger partial charge in [0.25, 0.3) is 0 Å². The van der Waals surface area contributed by atoms with Crippen LogP contribution in [0.15, 0.2) is 78.0 Å². The van der Waals surface area contributed by atoms with Gasteiger partial charge in [0.15, 0.2) is 0 Å². The van der Waals surface area contributed by atoms with E-state index in [0.29, 0.717) is 0 Å². The number of nitrogens with zero attached hydrogens (tertiary/aromatic N) is 2. The number of para-hydroxylation sites is 1. The van der Waals surface area contributed by atoms with Crippen LogP contribution in [0.3, 0.4) is 0 Å². The standard InChI is InChI=1S/C22H23N3OS/c26-27(22-9-3-2-8-21(22)25-15-4-1-5-16-25)24-20-12-10-18(11-13-20)19-7-6-14-23-17-19/h2-3,6-14,17,24H,1,4-5,15-16H2. The molecule has 2 heterocycles. The lowest BCUT2D eigenvalue weighted by Crippen LogP contribution is -2.31. The third-order valence-corrected chi connectivity index (χ3v) is 6.02. The first-order chi connectivity index (χ1) is 13.3. The topological polar surface area (TPSA) is 51.2 Å². The Hall–Kier alpha value is -2.50. The summed E-state index contributed by atoms with van der Waals surface area (Å²) in [6.07, 6.45) is 7.29. The zero-order valence-corrected chi connectivity index (χ0v) is 16.0. The van der Waals surface area contributed by atoms with Crippen molar-refractivity contribution in [2.24, 2.45) is 0 Å². The van der Waals surface area contributed by atoms with Gasteiger partial charge in [-0.15, -0.1) is 0 Å². The van der Waals surface area contributed by atoms with Crippen molar-refractivity contribution in [3.8, 4) is 11.1 Å². The van der Waals surface area contributed by atoms with Crippen molar-refractivity contribution in [2.75, 3.05) is 22.7 Å². The molecule has 0 bridgehead atoms. The van der Waals surface area contributed by atoms with Gasteiger partial charge in [-0.3, -0.25) is 4.98 Å². The van der Waals surface area contributed by atoms with E-state index >= 15 is 0 Å². The molecule has 2 aromatic carbocycles. The number of pyridine rings is 1. The number of hydrogen-bond acceptors (Lipinski definition) is 4. The molecule has 1 atom stereocenters. The van der Waals surface area contributed by atoms with Gasteiger partial charge >= 0.3 is 0 Å². The molecule has 138 valence electrons. The maximum Gasteiger partial charge on any atom is 0.203 e. The summed E-state index contributed by atoms with van der Waals surface area (Å²) in [6.45, 7) is 2.07. The van der Waals surface area contributed by atoms with E-state index in [1.807, 2.05) is 60.8 Å². The first-order valence-electron chi connectivity index (χ1n) is 9.34. The molecule has 0 amide bonds. The SMILES string of the molecule is [O-][S+](Nc1ccc(-c2cccnc2)cc1)c1ccccc1N1CCCCC1. The Balaban J connectivity index is 1.50. The second-order valence-electron chi connectivity index (χ2n) is 6.71. The van der Waals surface area contributed by atoms with Gasteiger partial charge < -0.3 is 9.45 Å². The highest BCUT2D eigenvalue weighted by molar-refractivity contribution is 7.92. The molecule has 4 rings (SSSR count). The van der Waals surface area contributed by atoms with Crippen LogP contribution in [-0.2, 0) is 11.4 Å². The molecule has 1 unspecified atom stereocenters. The third-order valence-electron chi connectivity index (χ3n) is 4.85. The number of rotatable bonds is 5. The maximum absolute atomic E-state index is 13.0. The molecule has 3 aromatic rings. The Morgan fingerprint density at radius 1 is 0.852 bits per heavy atom. The highest BCUT2D eigenvalue weighted by Crippen LogP contribution is 2.29. The van der Waals surface area contributed by atoms with Crippen LogP contribution in [0.4, 0.5) is 11.4 Å². The molecule has 1 aromatic heterocycles. The Bertz CT molecular complexity index is 864. The lowest BCUT2D eigenvalue weighted by atomic mass is 10.1. The molecular formula is C22H23N3OS. The molecular weight excluding hydrogens is 354 g/mol. The largest absolute Gasteiger partial charge is 0.588 e. The monoisotopic (exact) mass is 377 g/mol. The summed E-state index contributed by atoms with van der Waals surface area (Å²) < 4.78 is 16.1. The molecule has 1 aliphatic heterocycles. The zero-order valence-electron chi connectivity index (χ0n) is 15.2. The Labute approximate surface area is 163 Å². The molecule has 0 saturated carbocycles. The van der Waals surface area contributed by atoms with Gasteiger partial charge in [-0.2, -0.15) is 0 Å². The second kappa shape index (κ2) is 8.46. The van der Waals surface area contributed by atoms with Gasteiger partial charge in [0, 0.05) is 25.5 Å². The van der Waals surface area contributed by atoms with E-state index in [4.69, 9.17) is 0 Å². The number of hydrogen-bond donors (Lipinski definition) is 1. The van der Waals surface area contributed by atoms with E-state index in [1.54, 1.807) is 6.20 Å². The van der Waals surface area contributed by atoms with E-state index in [2.05, 4.69) is 20.7 Å². The summed E-state index contributed by atoms with van der Waals surface area (Å²) in [5, 5.41) is 0. The fraction of sp³-hybridized carbons (Fsp3) is 0.227. The summed E-state index contributed by atoms with van der Waals surface area (Å²) in [5.74, 6) is 0. The Morgan fingerprint density at radius 3 is 2.37 bits per heavy atom. The summed E-state index contributed by atoms with van der Waals surface area (Å²) >= 11 is -1.30. The van der Waals surface area contributed by atoms with Crippen molar-refractivity contribution < 1.29 is 4.55 Å².